The Bertz CT molecular complexity index is 674. The van der Waals surface area contributed by atoms with E-state index in [9.17, 15) is 9.59 Å². The number of carboxylic acid groups (broad SMARTS) is 1. The zero-order valence-corrected chi connectivity index (χ0v) is 11.7. The Morgan fingerprint density at radius 2 is 2.05 bits per heavy atom. The van der Waals surface area contributed by atoms with E-state index >= 15 is 0 Å². The summed E-state index contributed by atoms with van der Waals surface area (Å²) in [6.45, 7) is 2.20. The monoisotopic (exact) mass is 289 g/mol. The van der Waals surface area contributed by atoms with E-state index in [0.29, 0.717) is 12.3 Å². The standard InChI is InChI=1S/C15H15NO5/c1-9-7-10(14(17)18)3-5-12(9)16-8-11-4-6-13(21-11)15(19)20-2/h3-7,16H,8H2,1-2H3,(H,17,18). The van der Waals surface area contributed by atoms with Crippen molar-refractivity contribution in [3.05, 3.63) is 53.0 Å². The molecule has 1 heterocycles. The molecule has 6 nitrogen and oxygen atoms in total. The van der Waals surface area contributed by atoms with Gasteiger partial charge in [0.15, 0.2) is 0 Å². The molecule has 6 heteroatoms. The number of hydrogen-bond acceptors (Lipinski definition) is 5. The lowest BCUT2D eigenvalue weighted by Crippen LogP contribution is -2.03. The highest BCUT2D eigenvalue weighted by atomic mass is 16.5. The van der Waals surface area contributed by atoms with Crippen LogP contribution in [0.4, 0.5) is 5.69 Å². The Hall–Kier alpha value is -2.76. The highest BCUT2D eigenvalue weighted by Gasteiger charge is 2.11. The third kappa shape index (κ3) is 3.42. The zero-order chi connectivity index (χ0) is 15.4. The smallest absolute Gasteiger partial charge is 0.373 e. The maximum atomic E-state index is 11.3. The van der Waals surface area contributed by atoms with E-state index in [1.165, 1.54) is 13.2 Å². The number of benzene rings is 1. The number of anilines is 1. The van der Waals surface area contributed by atoms with Gasteiger partial charge in [-0.3, -0.25) is 0 Å². The minimum absolute atomic E-state index is 0.146. The van der Waals surface area contributed by atoms with Gasteiger partial charge in [-0.25, -0.2) is 9.59 Å². The van der Waals surface area contributed by atoms with Crippen molar-refractivity contribution in [2.75, 3.05) is 12.4 Å². The third-order valence-electron chi connectivity index (χ3n) is 2.97. The fourth-order valence-electron chi connectivity index (χ4n) is 1.86. The molecule has 0 atom stereocenters. The number of furan rings is 1. The van der Waals surface area contributed by atoms with Crippen molar-refractivity contribution in [1.82, 2.24) is 0 Å². The molecule has 0 radical (unpaired) electrons. The minimum atomic E-state index is -0.960. The van der Waals surface area contributed by atoms with Crippen LogP contribution in [-0.2, 0) is 11.3 Å². The maximum Gasteiger partial charge on any atom is 0.373 e. The van der Waals surface area contributed by atoms with Gasteiger partial charge in [-0.15, -0.1) is 0 Å². The van der Waals surface area contributed by atoms with Gasteiger partial charge in [0.2, 0.25) is 5.76 Å². The van der Waals surface area contributed by atoms with E-state index in [1.807, 2.05) is 6.92 Å². The number of aryl methyl sites for hydroxylation is 1. The second-order valence-corrected chi connectivity index (χ2v) is 4.45. The Morgan fingerprint density at radius 3 is 2.67 bits per heavy atom. The number of rotatable bonds is 5. The molecule has 0 bridgehead atoms. The fourth-order valence-corrected chi connectivity index (χ4v) is 1.86. The molecule has 2 rings (SSSR count). The van der Waals surface area contributed by atoms with Crippen LogP contribution in [0.2, 0.25) is 0 Å². The highest BCUT2D eigenvalue weighted by Crippen LogP contribution is 2.18. The number of carboxylic acids is 1. The third-order valence-corrected chi connectivity index (χ3v) is 2.97. The van der Waals surface area contributed by atoms with Gasteiger partial charge in [0.1, 0.15) is 5.76 Å². The Balaban J connectivity index is 2.04. The summed E-state index contributed by atoms with van der Waals surface area (Å²) in [7, 11) is 1.29. The number of ether oxygens (including phenoxy) is 1. The predicted octanol–water partition coefficient (Wildman–Crippen LogP) is 2.68. The fraction of sp³-hybridized carbons (Fsp3) is 0.200. The van der Waals surface area contributed by atoms with Crippen LogP contribution < -0.4 is 5.32 Å². The second-order valence-electron chi connectivity index (χ2n) is 4.45. The molecule has 2 N–H and O–H groups in total. The van der Waals surface area contributed by atoms with Crippen LogP contribution in [0.1, 0.15) is 32.2 Å². The molecule has 0 amide bonds. The van der Waals surface area contributed by atoms with Gasteiger partial charge >= 0.3 is 11.9 Å². The Labute approximate surface area is 121 Å². The summed E-state index contributed by atoms with van der Waals surface area (Å²) in [4.78, 5) is 22.1. The summed E-state index contributed by atoms with van der Waals surface area (Å²) in [5.74, 6) is -0.758. The molecular weight excluding hydrogens is 274 g/mol. The SMILES string of the molecule is COC(=O)c1ccc(CNc2ccc(C(=O)O)cc2C)o1. The van der Waals surface area contributed by atoms with E-state index in [2.05, 4.69) is 10.1 Å². The van der Waals surface area contributed by atoms with Crippen molar-refractivity contribution >= 4 is 17.6 Å². The first kappa shape index (κ1) is 14.6. The van der Waals surface area contributed by atoms with Crippen LogP contribution >= 0.6 is 0 Å². The summed E-state index contributed by atoms with van der Waals surface area (Å²) in [5.41, 5.74) is 1.86. The summed E-state index contributed by atoms with van der Waals surface area (Å²) in [6.07, 6.45) is 0. The molecule has 0 spiro atoms. The number of aromatic carboxylic acids is 1. The summed E-state index contributed by atoms with van der Waals surface area (Å²) >= 11 is 0. The molecule has 0 saturated carbocycles. The molecule has 2 aromatic rings. The van der Waals surface area contributed by atoms with E-state index in [1.54, 1.807) is 24.3 Å². The zero-order valence-electron chi connectivity index (χ0n) is 11.7. The van der Waals surface area contributed by atoms with Crippen molar-refractivity contribution in [3.8, 4) is 0 Å². The molecule has 1 aromatic heterocycles. The van der Waals surface area contributed by atoms with Gasteiger partial charge in [0.25, 0.3) is 0 Å². The molecular formula is C15H15NO5. The highest BCUT2D eigenvalue weighted by molar-refractivity contribution is 5.88. The van der Waals surface area contributed by atoms with Gasteiger partial charge < -0.3 is 19.6 Å². The number of carbonyl (C=O) groups excluding carboxylic acids is 1. The first-order chi connectivity index (χ1) is 10.0. The quantitative estimate of drug-likeness (QED) is 0.823. The largest absolute Gasteiger partial charge is 0.478 e. The van der Waals surface area contributed by atoms with E-state index in [4.69, 9.17) is 9.52 Å². The summed E-state index contributed by atoms with van der Waals surface area (Å²) in [6, 6.07) is 8.04. The predicted molar refractivity (Wildman–Crippen MR) is 75.5 cm³/mol. The van der Waals surface area contributed by atoms with Gasteiger partial charge in [-0.05, 0) is 42.8 Å². The number of hydrogen-bond donors (Lipinski definition) is 2. The first-order valence-electron chi connectivity index (χ1n) is 6.26. The topological polar surface area (TPSA) is 88.8 Å². The molecule has 110 valence electrons. The second kappa shape index (κ2) is 6.13. The molecule has 21 heavy (non-hydrogen) atoms. The summed E-state index contributed by atoms with van der Waals surface area (Å²) < 4.78 is 9.89. The normalized spacial score (nSPS) is 10.2. The minimum Gasteiger partial charge on any atom is -0.478 e. The van der Waals surface area contributed by atoms with Crippen LogP contribution in [0.5, 0.6) is 0 Å². The molecule has 0 fully saturated rings. The van der Waals surface area contributed by atoms with Gasteiger partial charge in [0, 0.05) is 5.69 Å². The van der Waals surface area contributed by atoms with Gasteiger partial charge in [0.05, 0.1) is 19.2 Å². The van der Waals surface area contributed by atoms with Gasteiger partial charge in [-0.2, -0.15) is 0 Å². The first-order valence-corrected chi connectivity index (χ1v) is 6.26. The van der Waals surface area contributed by atoms with Crippen molar-refractivity contribution in [2.24, 2.45) is 0 Å². The summed E-state index contributed by atoms with van der Waals surface area (Å²) in [5, 5.41) is 12.0. The molecule has 0 aliphatic carbocycles. The molecule has 1 aromatic carbocycles. The number of nitrogens with one attached hydrogen (secondary N) is 1. The van der Waals surface area contributed by atoms with E-state index in [0.717, 1.165) is 11.3 Å². The molecule has 0 unspecified atom stereocenters. The lowest BCUT2D eigenvalue weighted by molar-refractivity contribution is 0.0562. The Morgan fingerprint density at radius 1 is 1.29 bits per heavy atom. The van der Waals surface area contributed by atoms with E-state index in [-0.39, 0.29) is 11.3 Å². The maximum absolute atomic E-state index is 11.3. The van der Waals surface area contributed by atoms with Crippen molar-refractivity contribution in [1.29, 1.82) is 0 Å². The average Bonchev–Trinajstić information content (AvgIpc) is 2.93. The number of carbonyl (C=O) groups is 2. The van der Waals surface area contributed by atoms with Crippen molar-refractivity contribution in [2.45, 2.75) is 13.5 Å². The van der Waals surface area contributed by atoms with Gasteiger partial charge in [-0.1, -0.05) is 0 Å². The Kier molecular flexibility index (Phi) is 4.27. The number of methoxy groups -OCH3 is 1. The lowest BCUT2D eigenvalue weighted by Gasteiger charge is -2.08. The average molecular weight is 289 g/mol. The van der Waals surface area contributed by atoms with Crippen LogP contribution in [-0.4, -0.2) is 24.2 Å². The van der Waals surface area contributed by atoms with Crippen molar-refractivity contribution < 1.29 is 23.8 Å². The van der Waals surface area contributed by atoms with Crippen LogP contribution in [0.25, 0.3) is 0 Å². The molecule has 0 saturated heterocycles. The van der Waals surface area contributed by atoms with Crippen LogP contribution in [0.15, 0.2) is 34.7 Å². The van der Waals surface area contributed by atoms with E-state index < -0.39 is 11.9 Å². The van der Waals surface area contributed by atoms with Crippen LogP contribution in [0.3, 0.4) is 0 Å². The number of esters is 1. The lowest BCUT2D eigenvalue weighted by atomic mass is 10.1. The molecule has 0 aliphatic rings. The van der Waals surface area contributed by atoms with Crippen molar-refractivity contribution in [3.63, 3.8) is 0 Å². The van der Waals surface area contributed by atoms with Crippen LogP contribution in [0, 0.1) is 6.92 Å². The molecule has 0 aliphatic heterocycles.